The Labute approximate surface area is 139 Å². The van der Waals surface area contributed by atoms with Crippen LogP contribution in [0, 0.1) is 0 Å². The molecule has 1 aromatic heterocycles. The predicted octanol–water partition coefficient (Wildman–Crippen LogP) is 1.72. The third kappa shape index (κ3) is 3.58. The number of methoxy groups -OCH3 is 1. The molecule has 0 aliphatic heterocycles. The Kier molecular flexibility index (Phi) is 4.53. The molecular formula is C19H20NO4+. The van der Waals surface area contributed by atoms with E-state index in [1.807, 2.05) is 18.2 Å². The lowest BCUT2D eigenvalue weighted by Crippen LogP contribution is -3.06. The highest BCUT2D eigenvalue weighted by Crippen LogP contribution is 2.21. The minimum absolute atomic E-state index is 0.0832. The number of hydrogen-bond donors (Lipinski definition) is 2. The first kappa shape index (κ1) is 16.1. The van der Waals surface area contributed by atoms with Crippen molar-refractivity contribution >= 4 is 11.0 Å². The van der Waals surface area contributed by atoms with Crippen molar-refractivity contribution in [2.75, 3.05) is 14.2 Å². The zero-order valence-corrected chi connectivity index (χ0v) is 13.7. The smallest absolute Gasteiger partial charge is 0.336 e. The summed E-state index contributed by atoms with van der Waals surface area (Å²) in [6.07, 6.45) is 0. The van der Waals surface area contributed by atoms with Crippen molar-refractivity contribution < 1.29 is 19.2 Å². The summed E-state index contributed by atoms with van der Waals surface area (Å²) in [5.74, 6) is 0.918. The monoisotopic (exact) mass is 326 g/mol. The van der Waals surface area contributed by atoms with Gasteiger partial charge < -0.3 is 19.2 Å². The van der Waals surface area contributed by atoms with E-state index >= 15 is 0 Å². The molecule has 5 nitrogen and oxygen atoms in total. The summed E-state index contributed by atoms with van der Waals surface area (Å²) in [5, 5.41) is 10.4. The van der Waals surface area contributed by atoms with E-state index in [2.05, 4.69) is 13.1 Å². The molecule has 124 valence electrons. The topological polar surface area (TPSA) is 64.1 Å². The number of phenols is 1. The third-order valence-electron chi connectivity index (χ3n) is 3.95. The van der Waals surface area contributed by atoms with Gasteiger partial charge in [-0.25, -0.2) is 4.79 Å². The molecule has 0 saturated heterocycles. The Balaban J connectivity index is 1.84. The molecule has 3 aromatic rings. The maximum absolute atomic E-state index is 11.8. The largest absolute Gasteiger partial charge is 0.508 e. The molecule has 3 rings (SSSR count). The molecule has 0 aliphatic rings. The quantitative estimate of drug-likeness (QED) is 0.701. The van der Waals surface area contributed by atoms with Crippen LogP contribution in [0.25, 0.3) is 11.0 Å². The molecule has 0 saturated carbocycles. The van der Waals surface area contributed by atoms with Gasteiger partial charge >= 0.3 is 5.63 Å². The lowest BCUT2D eigenvalue weighted by Gasteiger charge is -2.15. The molecular weight excluding hydrogens is 306 g/mol. The summed E-state index contributed by atoms with van der Waals surface area (Å²) >= 11 is 0. The first-order chi connectivity index (χ1) is 11.5. The second kappa shape index (κ2) is 6.76. The van der Waals surface area contributed by atoms with Crippen LogP contribution in [-0.4, -0.2) is 19.3 Å². The van der Waals surface area contributed by atoms with Crippen LogP contribution in [0.5, 0.6) is 11.5 Å². The standard InChI is InChI=1S/C19H19NO4/c1-20(11-13-4-3-5-16(8-13)23-2)12-14-9-19(22)24-18-10-15(21)6-7-17(14)18/h3-10,21H,11-12H2,1-2H3/p+1. The second-order valence-electron chi connectivity index (χ2n) is 5.93. The summed E-state index contributed by atoms with van der Waals surface area (Å²) in [7, 11) is 3.72. The van der Waals surface area contributed by atoms with E-state index in [0.29, 0.717) is 12.1 Å². The van der Waals surface area contributed by atoms with Crippen LogP contribution in [-0.2, 0) is 13.1 Å². The molecule has 0 aliphatic carbocycles. The molecule has 1 unspecified atom stereocenters. The van der Waals surface area contributed by atoms with E-state index in [1.165, 1.54) is 17.0 Å². The van der Waals surface area contributed by atoms with Crippen molar-refractivity contribution in [1.29, 1.82) is 0 Å². The van der Waals surface area contributed by atoms with Gasteiger partial charge in [0.1, 0.15) is 30.2 Å². The van der Waals surface area contributed by atoms with Gasteiger partial charge in [0.15, 0.2) is 0 Å². The summed E-state index contributed by atoms with van der Waals surface area (Å²) < 4.78 is 10.4. The van der Waals surface area contributed by atoms with E-state index < -0.39 is 5.63 Å². The van der Waals surface area contributed by atoms with Crippen molar-refractivity contribution in [1.82, 2.24) is 0 Å². The van der Waals surface area contributed by atoms with Crippen LogP contribution in [0.15, 0.2) is 57.7 Å². The Morgan fingerprint density at radius 3 is 2.75 bits per heavy atom. The molecule has 2 N–H and O–H groups in total. The molecule has 0 amide bonds. The number of rotatable bonds is 5. The van der Waals surface area contributed by atoms with Crippen LogP contribution in [0.2, 0.25) is 0 Å². The average molecular weight is 326 g/mol. The molecule has 0 bridgehead atoms. The molecule has 0 spiro atoms. The van der Waals surface area contributed by atoms with E-state index in [4.69, 9.17) is 9.15 Å². The van der Waals surface area contributed by atoms with Crippen LogP contribution in [0.1, 0.15) is 11.1 Å². The van der Waals surface area contributed by atoms with Crippen molar-refractivity contribution in [2.45, 2.75) is 13.1 Å². The lowest BCUT2D eigenvalue weighted by atomic mass is 10.1. The number of quaternary nitrogens is 1. The Morgan fingerprint density at radius 2 is 1.96 bits per heavy atom. The van der Waals surface area contributed by atoms with Gasteiger partial charge in [0.2, 0.25) is 0 Å². The van der Waals surface area contributed by atoms with Crippen molar-refractivity contribution in [3.63, 3.8) is 0 Å². The molecule has 5 heteroatoms. The number of ether oxygens (including phenoxy) is 1. The Bertz CT molecular complexity index is 917. The maximum atomic E-state index is 11.8. The lowest BCUT2D eigenvalue weighted by molar-refractivity contribution is -0.907. The van der Waals surface area contributed by atoms with Crippen molar-refractivity contribution in [3.05, 3.63) is 70.1 Å². The zero-order chi connectivity index (χ0) is 17.1. The normalized spacial score (nSPS) is 12.2. The number of benzene rings is 2. The average Bonchev–Trinajstić information content (AvgIpc) is 2.54. The maximum Gasteiger partial charge on any atom is 0.336 e. The fraction of sp³-hybridized carbons (Fsp3) is 0.211. The molecule has 24 heavy (non-hydrogen) atoms. The third-order valence-corrected chi connectivity index (χ3v) is 3.95. The minimum atomic E-state index is -0.405. The van der Waals surface area contributed by atoms with Gasteiger partial charge in [-0.05, 0) is 24.3 Å². The highest BCUT2D eigenvalue weighted by molar-refractivity contribution is 5.81. The first-order valence-corrected chi connectivity index (χ1v) is 7.75. The summed E-state index contributed by atoms with van der Waals surface area (Å²) in [4.78, 5) is 13.0. The Hall–Kier alpha value is -2.79. The number of phenolic OH excluding ortho intramolecular Hbond substituents is 1. The van der Waals surface area contributed by atoms with E-state index in [-0.39, 0.29) is 5.75 Å². The fourth-order valence-corrected chi connectivity index (χ4v) is 2.88. The summed E-state index contributed by atoms with van der Waals surface area (Å²) in [5.41, 5.74) is 2.07. The van der Waals surface area contributed by atoms with Crippen molar-refractivity contribution in [2.24, 2.45) is 0 Å². The van der Waals surface area contributed by atoms with Gasteiger partial charge in [-0.15, -0.1) is 0 Å². The van der Waals surface area contributed by atoms with E-state index in [0.717, 1.165) is 28.8 Å². The molecule has 2 aromatic carbocycles. The van der Waals surface area contributed by atoms with Crippen LogP contribution in [0.4, 0.5) is 0 Å². The predicted molar refractivity (Wildman–Crippen MR) is 91.4 cm³/mol. The summed E-state index contributed by atoms with van der Waals surface area (Å²) in [6, 6.07) is 14.3. The van der Waals surface area contributed by atoms with E-state index in [9.17, 15) is 9.90 Å². The SMILES string of the molecule is COc1cccc(C[NH+](C)Cc2cc(=O)oc3cc(O)ccc23)c1. The highest BCUT2D eigenvalue weighted by atomic mass is 16.5. The number of hydrogen-bond acceptors (Lipinski definition) is 4. The molecule has 0 radical (unpaired) electrons. The van der Waals surface area contributed by atoms with Gasteiger partial charge in [0, 0.05) is 28.6 Å². The zero-order valence-electron chi connectivity index (χ0n) is 13.7. The number of fused-ring (bicyclic) bond motifs is 1. The van der Waals surface area contributed by atoms with Gasteiger partial charge in [0.05, 0.1) is 14.2 Å². The van der Waals surface area contributed by atoms with Crippen LogP contribution >= 0.6 is 0 Å². The van der Waals surface area contributed by atoms with Gasteiger partial charge in [-0.2, -0.15) is 0 Å². The van der Waals surface area contributed by atoms with Gasteiger partial charge in [0.25, 0.3) is 0 Å². The molecule has 1 atom stereocenters. The summed E-state index contributed by atoms with van der Waals surface area (Å²) in [6.45, 7) is 1.47. The first-order valence-electron chi connectivity index (χ1n) is 7.75. The number of nitrogens with one attached hydrogen (secondary N) is 1. The van der Waals surface area contributed by atoms with Crippen LogP contribution < -0.4 is 15.3 Å². The number of aromatic hydroxyl groups is 1. The highest BCUT2D eigenvalue weighted by Gasteiger charge is 2.12. The van der Waals surface area contributed by atoms with Crippen molar-refractivity contribution in [3.8, 4) is 11.5 Å². The second-order valence-corrected chi connectivity index (χ2v) is 5.93. The minimum Gasteiger partial charge on any atom is -0.508 e. The van der Waals surface area contributed by atoms with E-state index in [1.54, 1.807) is 19.2 Å². The van der Waals surface area contributed by atoms with Gasteiger partial charge in [-0.1, -0.05) is 12.1 Å². The molecule has 1 heterocycles. The Morgan fingerprint density at radius 1 is 1.12 bits per heavy atom. The fourth-order valence-electron chi connectivity index (χ4n) is 2.88. The molecule has 0 fully saturated rings. The van der Waals surface area contributed by atoms with Gasteiger partial charge in [-0.3, -0.25) is 0 Å². The van der Waals surface area contributed by atoms with Crippen LogP contribution in [0.3, 0.4) is 0 Å².